The van der Waals surface area contributed by atoms with E-state index in [1.54, 1.807) is 12.1 Å². The highest BCUT2D eigenvalue weighted by atomic mass is 35.5. The summed E-state index contributed by atoms with van der Waals surface area (Å²) in [6, 6.07) is 12.8. The van der Waals surface area contributed by atoms with Crippen LogP contribution >= 0.6 is 23.4 Å². The van der Waals surface area contributed by atoms with Crippen molar-refractivity contribution >= 4 is 29.3 Å². The van der Waals surface area contributed by atoms with Gasteiger partial charge in [-0.05, 0) is 31.0 Å². The third kappa shape index (κ3) is 5.25. The molecule has 1 unspecified atom stereocenters. The number of amides is 1. The highest BCUT2D eigenvalue weighted by molar-refractivity contribution is 7.99. The van der Waals surface area contributed by atoms with E-state index in [0.29, 0.717) is 16.3 Å². The maximum absolute atomic E-state index is 13.7. The summed E-state index contributed by atoms with van der Waals surface area (Å²) in [5, 5.41) is 3.43. The zero-order chi connectivity index (χ0) is 17.5. The lowest BCUT2D eigenvalue weighted by molar-refractivity contribution is -0.119. The predicted octanol–water partition coefficient (Wildman–Crippen LogP) is 5.29. The van der Waals surface area contributed by atoms with Crippen molar-refractivity contribution in [3.8, 4) is 0 Å². The van der Waals surface area contributed by atoms with E-state index in [4.69, 9.17) is 11.6 Å². The minimum atomic E-state index is -0.332. The van der Waals surface area contributed by atoms with Crippen molar-refractivity contribution in [1.82, 2.24) is 5.32 Å². The third-order valence-corrected chi connectivity index (χ3v) is 5.08. The molecule has 2 rings (SSSR count). The van der Waals surface area contributed by atoms with Crippen LogP contribution in [0.15, 0.2) is 42.5 Å². The van der Waals surface area contributed by atoms with Gasteiger partial charge in [-0.25, -0.2) is 4.39 Å². The van der Waals surface area contributed by atoms with Crippen molar-refractivity contribution in [2.45, 2.75) is 32.1 Å². The van der Waals surface area contributed by atoms with Crippen molar-refractivity contribution in [3.05, 3.63) is 70.0 Å². The zero-order valence-corrected chi connectivity index (χ0v) is 15.4. The first-order chi connectivity index (χ1) is 11.5. The normalized spacial score (nSPS) is 12.0. The van der Waals surface area contributed by atoms with Crippen LogP contribution < -0.4 is 5.32 Å². The van der Waals surface area contributed by atoms with Crippen LogP contribution in [0.3, 0.4) is 0 Å². The van der Waals surface area contributed by atoms with Crippen LogP contribution in [0.4, 0.5) is 4.39 Å². The zero-order valence-electron chi connectivity index (χ0n) is 13.8. The molecule has 0 aliphatic heterocycles. The summed E-state index contributed by atoms with van der Waals surface area (Å²) in [6.07, 6.45) is 0.818. The number of hydrogen-bond donors (Lipinski definition) is 1. The number of nitrogens with one attached hydrogen (secondary N) is 1. The van der Waals surface area contributed by atoms with E-state index in [9.17, 15) is 9.18 Å². The number of carbonyl (C=O) groups excluding carboxylic acids is 1. The smallest absolute Gasteiger partial charge is 0.230 e. The summed E-state index contributed by atoms with van der Waals surface area (Å²) in [7, 11) is 0. The Hall–Kier alpha value is -1.52. The quantitative estimate of drug-likeness (QED) is 0.722. The van der Waals surface area contributed by atoms with Gasteiger partial charge in [0.25, 0.3) is 0 Å². The van der Waals surface area contributed by atoms with Crippen LogP contribution in [0.2, 0.25) is 5.02 Å². The van der Waals surface area contributed by atoms with Crippen LogP contribution in [0.25, 0.3) is 0 Å². The molecular weight excluding hydrogens is 345 g/mol. The van der Waals surface area contributed by atoms with E-state index in [2.05, 4.69) is 5.32 Å². The molecule has 0 aliphatic carbocycles. The van der Waals surface area contributed by atoms with Gasteiger partial charge in [-0.1, -0.05) is 54.4 Å². The molecule has 2 nitrogen and oxygen atoms in total. The molecule has 0 fully saturated rings. The highest BCUT2D eigenvalue weighted by Crippen LogP contribution is 2.24. The average Bonchev–Trinajstić information content (AvgIpc) is 2.56. The lowest BCUT2D eigenvalue weighted by atomic mass is 10.0. The van der Waals surface area contributed by atoms with E-state index >= 15 is 0 Å². The molecule has 24 heavy (non-hydrogen) atoms. The van der Waals surface area contributed by atoms with Gasteiger partial charge in [0.2, 0.25) is 5.91 Å². The highest BCUT2D eigenvalue weighted by Gasteiger charge is 2.13. The number of carbonyl (C=O) groups is 1. The minimum Gasteiger partial charge on any atom is -0.349 e. The molecule has 1 N–H and O–H groups in total. The van der Waals surface area contributed by atoms with Crippen molar-refractivity contribution in [3.63, 3.8) is 0 Å². The van der Waals surface area contributed by atoms with Gasteiger partial charge in [-0.15, -0.1) is 11.8 Å². The number of thioether (sulfide) groups is 1. The molecule has 0 bridgehead atoms. The Bertz CT molecular complexity index is 670. The number of benzene rings is 2. The Morgan fingerprint density at radius 1 is 1.25 bits per heavy atom. The molecule has 5 heteroatoms. The second kappa shape index (κ2) is 9.09. The molecule has 0 saturated carbocycles. The standard InChI is InChI=1S/C19H21ClFNOS/c1-3-18(14-9-7-13(2)8-10-14)22-19(23)12-24-11-15-16(20)5-4-6-17(15)21/h4-10,18H,3,11-12H2,1-2H3,(H,22,23). The lowest BCUT2D eigenvalue weighted by Crippen LogP contribution is -2.29. The fourth-order valence-electron chi connectivity index (χ4n) is 2.37. The minimum absolute atomic E-state index is 0.00394. The number of halogens is 2. The van der Waals surface area contributed by atoms with Gasteiger partial charge in [-0.3, -0.25) is 4.79 Å². The molecule has 0 spiro atoms. The molecular formula is C19H21ClFNOS. The first-order valence-electron chi connectivity index (χ1n) is 7.87. The van der Waals surface area contributed by atoms with Crippen LogP contribution in [0, 0.1) is 12.7 Å². The molecule has 1 atom stereocenters. The molecule has 0 radical (unpaired) electrons. The van der Waals surface area contributed by atoms with E-state index in [1.165, 1.54) is 23.4 Å². The molecule has 0 aromatic heterocycles. The molecule has 0 aliphatic rings. The Kier molecular flexibility index (Phi) is 7.13. The Morgan fingerprint density at radius 2 is 1.96 bits per heavy atom. The Labute approximate surface area is 151 Å². The van der Waals surface area contributed by atoms with Crippen LogP contribution in [-0.4, -0.2) is 11.7 Å². The predicted molar refractivity (Wildman–Crippen MR) is 99.9 cm³/mol. The largest absolute Gasteiger partial charge is 0.349 e. The summed E-state index contributed by atoms with van der Waals surface area (Å²) < 4.78 is 13.7. The summed E-state index contributed by atoms with van der Waals surface area (Å²) >= 11 is 7.35. The van der Waals surface area contributed by atoms with Gasteiger partial charge < -0.3 is 5.32 Å². The molecule has 0 saturated heterocycles. The van der Waals surface area contributed by atoms with E-state index < -0.39 is 0 Å². The summed E-state index contributed by atoms with van der Waals surface area (Å²) in [5.41, 5.74) is 2.73. The van der Waals surface area contributed by atoms with Gasteiger partial charge in [0.05, 0.1) is 11.8 Å². The first kappa shape index (κ1) is 18.8. The van der Waals surface area contributed by atoms with Gasteiger partial charge in [-0.2, -0.15) is 0 Å². The van der Waals surface area contributed by atoms with Crippen LogP contribution in [0.5, 0.6) is 0 Å². The monoisotopic (exact) mass is 365 g/mol. The number of aryl methyl sites for hydroxylation is 1. The van der Waals surface area contributed by atoms with Gasteiger partial charge in [0.1, 0.15) is 5.82 Å². The molecule has 2 aromatic rings. The molecule has 1 amide bonds. The van der Waals surface area contributed by atoms with E-state index in [0.717, 1.165) is 12.0 Å². The summed E-state index contributed by atoms with van der Waals surface area (Å²) in [5.74, 6) is 0.258. The van der Waals surface area contributed by atoms with Gasteiger partial charge in [0.15, 0.2) is 0 Å². The molecule has 2 aromatic carbocycles. The molecule has 0 heterocycles. The van der Waals surface area contributed by atoms with Gasteiger partial charge >= 0.3 is 0 Å². The second-order valence-electron chi connectivity index (χ2n) is 5.63. The van der Waals surface area contributed by atoms with Crippen molar-refractivity contribution in [1.29, 1.82) is 0 Å². The fraction of sp³-hybridized carbons (Fsp3) is 0.316. The van der Waals surface area contributed by atoms with Gasteiger partial charge in [0, 0.05) is 16.3 Å². The SMILES string of the molecule is CCC(NC(=O)CSCc1c(F)cccc1Cl)c1ccc(C)cc1. The fourth-order valence-corrected chi connectivity index (χ4v) is 3.55. The topological polar surface area (TPSA) is 29.1 Å². The third-order valence-electron chi connectivity index (χ3n) is 3.76. The molecule has 128 valence electrons. The van der Waals surface area contributed by atoms with Crippen molar-refractivity contribution in [2.75, 3.05) is 5.75 Å². The van der Waals surface area contributed by atoms with E-state index in [-0.39, 0.29) is 23.5 Å². The Morgan fingerprint density at radius 3 is 2.58 bits per heavy atom. The van der Waals surface area contributed by atoms with Crippen molar-refractivity contribution in [2.24, 2.45) is 0 Å². The summed E-state index contributed by atoms with van der Waals surface area (Å²) in [4.78, 5) is 12.2. The van der Waals surface area contributed by atoms with Crippen molar-refractivity contribution < 1.29 is 9.18 Å². The first-order valence-corrected chi connectivity index (χ1v) is 9.41. The second-order valence-corrected chi connectivity index (χ2v) is 7.02. The summed E-state index contributed by atoms with van der Waals surface area (Å²) in [6.45, 7) is 4.07. The maximum Gasteiger partial charge on any atom is 0.230 e. The number of rotatable bonds is 7. The van der Waals surface area contributed by atoms with Crippen LogP contribution in [-0.2, 0) is 10.5 Å². The maximum atomic E-state index is 13.7. The van der Waals surface area contributed by atoms with E-state index in [1.807, 2.05) is 38.1 Å². The lowest BCUT2D eigenvalue weighted by Gasteiger charge is -2.17. The number of hydrogen-bond acceptors (Lipinski definition) is 2. The Balaban J connectivity index is 1.87. The van der Waals surface area contributed by atoms with Crippen LogP contribution in [0.1, 0.15) is 36.1 Å². The average molecular weight is 366 g/mol.